The van der Waals surface area contributed by atoms with Crippen molar-refractivity contribution in [3.8, 4) is 0 Å². The summed E-state index contributed by atoms with van der Waals surface area (Å²) in [5.74, 6) is 1.22. The monoisotopic (exact) mass is 394 g/mol. The Labute approximate surface area is 169 Å². The van der Waals surface area contributed by atoms with Crippen LogP contribution in [0.1, 0.15) is 25.3 Å². The first kappa shape index (κ1) is 19.0. The molecule has 0 radical (unpaired) electrons. The third-order valence-corrected chi connectivity index (χ3v) is 5.19. The van der Waals surface area contributed by atoms with Crippen molar-refractivity contribution in [3.05, 3.63) is 36.8 Å². The van der Waals surface area contributed by atoms with Crippen molar-refractivity contribution in [2.24, 2.45) is 0 Å². The van der Waals surface area contributed by atoms with Crippen LogP contribution in [0.4, 0.5) is 17.5 Å². The zero-order chi connectivity index (χ0) is 20.4. The van der Waals surface area contributed by atoms with Crippen LogP contribution in [0.15, 0.2) is 31.2 Å². The number of carbonyl (C=O) groups excluding carboxylic acids is 1. The minimum absolute atomic E-state index is 0.0301. The number of carbonyl (C=O) groups is 1. The molecule has 1 aliphatic rings. The molecule has 1 saturated heterocycles. The molecule has 1 amide bonds. The zero-order valence-corrected chi connectivity index (χ0v) is 16.8. The number of aryl methyl sites for hydroxylation is 2. The minimum Gasteiger partial charge on any atom is -0.365 e. The lowest BCUT2D eigenvalue weighted by atomic mass is 10.1. The molecule has 0 unspecified atom stereocenters. The molecule has 9 heteroatoms. The van der Waals surface area contributed by atoms with E-state index in [9.17, 15) is 4.79 Å². The smallest absolute Gasteiger partial charge is 0.246 e. The van der Waals surface area contributed by atoms with Crippen molar-refractivity contribution in [2.75, 3.05) is 23.7 Å². The molecule has 3 aromatic rings. The van der Waals surface area contributed by atoms with Gasteiger partial charge in [0.25, 0.3) is 0 Å². The number of hydrogen-bond acceptors (Lipinski definition) is 6. The fraction of sp³-hybridized carbons (Fsp3) is 0.400. The highest BCUT2D eigenvalue weighted by Gasteiger charge is 2.24. The van der Waals surface area contributed by atoms with Gasteiger partial charge in [-0.1, -0.05) is 6.58 Å². The molecule has 3 aromatic heterocycles. The van der Waals surface area contributed by atoms with Gasteiger partial charge < -0.3 is 20.5 Å². The summed E-state index contributed by atoms with van der Waals surface area (Å²) in [5.41, 5.74) is 2.67. The lowest BCUT2D eigenvalue weighted by Gasteiger charge is -2.33. The first-order valence-corrected chi connectivity index (χ1v) is 9.90. The molecular formula is C20H26N8O. The number of amides is 1. The number of aromatic amines is 1. The summed E-state index contributed by atoms with van der Waals surface area (Å²) in [6, 6.07) is 0.121. The van der Waals surface area contributed by atoms with Crippen LogP contribution in [0.5, 0.6) is 0 Å². The number of fused-ring (bicyclic) bond motifs is 1. The van der Waals surface area contributed by atoms with Crippen molar-refractivity contribution in [1.29, 1.82) is 0 Å². The highest BCUT2D eigenvalue weighted by Crippen LogP contribution is 2.28. The quantitative estimate of drug-likeness (QED) is 0.556. The number of aromatic nitrogens is 5. The van der Waals surface area contributed by atoms with Gasteiger partial charge >= 0.3 is 0 Å². The van der Waals surface area contributed by atoms with E-state index in [0.29, 0.717) is 12.5 Å². The number of likely N-dealkylation sites (tertiary alicyclic amines) is 1. The highest BCUT2D eigenvalue weighted by molar-refractivity contribution is 5.91. The molecule has 0 aliphatic carbocycles. The first-order chi connectivity index (χ1) is 14.1. The van der Waals surface area contributed by atoms with Gasteiger partial charge in [0.1, 0.15) is 11.5 Å². The summed E-state index contributed by atoms with van der Waals surface area (Å²) in [6.07, 6.45) is 8.89. The molecule has 3 N–H and O–H groups in total. The highest BCUT2D eigenvalue weighted by atomic mass is 16.2. The molecule has 0 bridgehead atoms. The van der Waals surface area contributed by atoms with Gasteiger partial charge in [0.05, 0.1) is 17.3 Å². The largest absolute Gasteiger partial charge is 0.365 e. The van der Waals surface area contributed by atoms with Crippen LogP contribution < -0.4 is 10.6 Å². The van der Waals surface area contributed by atoms with Crippen LogP contribution in [0.3, 0.4) is 0 Å². The normalized spacial score (nSPS) is 16.8. The van der Waals surface area contributed by atoms with E-state index in [1.54, 1.807) is 6.20 Å². The average Bonchev–Trinajstić information content (AvgIpc) is 3.34. The van der Waals surface area contributed by atoms with E-state index in [1.807, 2.05) is 35.8 Å². The molecule has 1 aliphatic heterocycles. The van der Waals surface area contributed by atoms with E-state index in [-0.39, 0.29) is 11.9 Å². The standard InChI is InChI=1S/C20H26N8O/c1-4-16(29)27-8-6-7-14(11-27)23-19-17-13(3)9-21-18(17)25-20(26-19)24-15-10-22-28(5-2)12-15/h4,9-10,12,14H,1,5-8,11H2,2-3H3,(H3,21,23,24,25,26)/t14-/m1/s1. The number of rotatable bonds is 6. The Balaban J connectivity index is 1.61. The van der Waals surface area contributed by atoms with Crippen LogP contribution in [-0.4, -0.2) is 54.7 Å². The predicted molar refractivity (Wildman–Crippen MR) is 113 cm³/mol. The van der Waals surface area contributed by atoms with Gasteiger partial charge in [-0.2, -0.15) is 15.1 Å². The van der Waals surface area contributed by atoms with E-state index < -0.39 is 0 Å². The second kappa shape index (κ2) is 7.94. The molecular weight excluding hydrogens is 368 g/mol. The molecule has 1 fully saturated rings. The second-order valence-corrected chi connectivity index (χ2v) is 7.27. The van der Waals surface area contributed by atoms with Crippen LogP contribution >= 0.6 is 0 Å². The summed E-state index contributed by atoms with van der Waals surface area (Å²) >= 11 is 0. The maximum absolute atomic E-state index is 12.0. The fourth-order valence-electron chi connectivity index (χ4n) is 3.70. The number of nitrogens with one attached hydrogen (secondary N) is 3. The van der Waals surface area contributed by atoms with Gasteiger partial charge in [-0.15, -0.1) is 0 Å². The topological polar surface area (TPSA) is 104 Å². The second-order valence-electron chi connectivity index (χ2n) is 7.27. The molecule has 1 atom stereocenters. The molecule has 4 heterocycles. The van der Waals surface area contributed by atoms with Crippen molar-refractivity contribution >= 4 is 34.4 Å². The van der Waals surface area contributed by atoms with Crippen LogP contribution in [0.25, 0.3) is 11.0 Å². The first-order valence-electron chi connectivity index (χ1n) is 9.90. The molecule has 0 saturated carbocycles. The van der Waals surface area contributed by atoms with E-state index in [4.69, 9.17) is 4.98 Å². The van der Waals surface area contributed by atoms with E-state index in [2.05, 4.69) is 32.3 Å². The Morgan fingerprint density at radius 1 is 1.45 bits per heavy atom. The van der Waals surface area contributed by atoms with Crippen LogP contribution in [0.2, 0.25) is 0 Å². The van der Waals surface area contributed by atoms with Crippen molar-refractivity contribution in [1.82, 2.24) is 29.6 Å². The SMILES string of the molecule is C=CC(=O)N1CCC[C@@H](Nc2nc(Nc3cnn(CC)c3)nc3[nH]cc(C)c23)C1. The maximum atomic E-state index is 12.0. The average molecular weight is 394 g/mol. The van der Waals surface area contributed by atoms with Gasteiger partial charge in [0, 0.05) is 38.1 Å². The Morgan fingerprint density at radius 2 is 2.31 bits per heavy atom. The minimum atomic E-state index is -0.0301. The zero-order valence-electron chi connectivity index (χ0n) is 16.8. The van der Waals surface area contributed by atoms with Crippen LogP contribution in [0, 0.1) is 6.92 Å². The number of H-pyrrole nitrogens is 1. The molecule has 0 aromatic carbocycles. The summed E-state index contributed by atoms with van der Waals surface area (Å²) in [7, 11) is 0. The Kier molecular flexibility index (Phi) is 5.20. The van der Waals surface area contributed by atoms with Crippen molar-refractivity contribution < 1.29 is 4.79 Å². The molecule has 29 heavy (non-hydrogen) atoms. The van der Waals surface area contributed by atoms with E-state index in [1.165, 1.54) is 6.08 Å². The van der Waals surface area contributed by atoms with Crippen LogP contribution in [-0.2, 0) is 11.3 Å². The summed E-state index contributed by atoms with van der Waals surface area (Å²) in [5, 5.41) is 12.0. The van der Waals surface area contributed by atoms with Crippen molar-refractivity contribution in [2.45, 2.75) is 39.3 Å². The summed E-state index contributed by atoms with van der Waals surface area (Å²) < 4.78 is 1.84. The van der Waals surface area contributed by atoms with Gasteiger partial charge in [0.2, 0.25) is 11.9 Å². The molecule has 9 nitrogen and oxygen atoms in total. The Bertz CT molecular complexity index is 1040. The molecule has 4 rings (SSSR count). The maximum Gasteiger partial charge on any atom is 0.246 e. The number of anilines is 3. The number of piperidine rings is 1. The summed E-state index contributed by atoms with van der Waals surface area (Å²) in [6.45, 7) is 9.85. The lowest BCUT2D eigenvalue weighted by Crippen LogP contribution is -2.44. The van der Waals surface area contributed by atoms with E-state index in [0.717, 1.165) is 54.0 Å². The molecule has 152 valence electrons. The van der Waals surface area contributed by atoms with E-state index >= 15 is 0 Å². The number of hydrogen-bond donors (Lipinski definition) is 3. The number of nitrogens with zero attached hydrogens (tertiary/aromatic N) is 5. The van der Waals surface area contributed by atoms with Gasteiger partial charge in [-0.3, -0.25) is 9.48 Å². The van der Waals surface area contributed by atoms with Crippen molar-refractivity contribution in [3.63, 3.8) is 0 Å². The van der Waals surface area contributed by atoms with Gasteiger partial charge in [0.15, 0.2) is 0 Å². The third kappa shape index (κ3) is 3.94. The third-order valence-electron chi connectivity index (χ3n) is 5.19. The van der Waals surface area contributed by atoms with Gasteiger partial charge in [-0.05, 0) is 38.3 Å². The fourth-order valence-corrected chi connectivity index (χ4v) is 3.70. The Hall–Kier alpha value is -3.36. The predicted octanol–water partition coefficient (Wildman–Crippen LogP) is 2.82. The van der Waals surface area contributed by atoms with Gasteiger partial charge in [-0.25, -0.2) is 0 Å². The Morgan fingerprint density at radius 3 is 3.07 bits per heavy atom. The molecule has 0 spiro atoms. The lowest BCUT2D eigenvalue weighted by molar-refractivity contribution is -0.127. The summed E-state index contributed by atoms with van der Waals surface area (Å²) in [4.78, 5) is 26.4.